The minimum atomic E-state index is -0.467. The molecule has 1 saturated carbocycles. The Morgan fingerprint density at radius 3 is 2.64 bits per heavy atom. The number of benzene rings is 1. The molecule has 6 rings (SSSR count). The van der Waals surface area contributed by atoms with Gasteiger partial charge in [0.15, 0.2) is 5.65 Å². The van der Waals surface area contributed by atoms with E-state index in [1.165, 1.54) is 6.08 Å². The highest BCUT2D eigenvalue weighted by Gasteiger charge is 2.34. The number of fused-ring (bicyclic) bond motifs is 1. The van der Waals surface area contributed by atoms with Gasteiger partial charge in [0.25, 0.3) is 0 Å². The lowest BCUT2D eigenvalue weighted by molar-refractivity contribution is -0.129. The van der Waals surface area contributed by atoms with Gasteiger partial charge < -0.3 is 19.6 Å². The number of para-hydroxylation sites is 1. The number of aliphatic hydroxyl groups is 1. The number of hydrogen-bond acceptors (Lipinski definition) is 8. The van der Waals surface area contributed by atoms with Crippen molar-refractivity contribution in [1.29, 1.82) is 0 Å². The smallest absolute Gasteiger partial charge is 0.355 e. The van der Waals surface area contributed by atoms with Crippen molar-refractivity contribution in [2.24, 2.45) is 0 Å². The molecule has 10 heteroatoms. The summed E-state index contributed by atoms with van der Waals surface area (Å²) in [6, 6.07) is 11.4. The summed E-state index contributed by atoms with van der Waals surface area (Å²) in [6.45, 7) is 10.6. The molecule has 0 spiro atoms. The van der Waals surface area contributed by atoms with Gasteiger partial charge in [-0.15, -0.1) is 0 Å². The minimum absolute atomic E-state index is 0.0479. The third kappa shape index (κ3) is 5.13. The Morgan fingerprint density at radius 2 is 1.95 bits per heavy atom. The first-order valence-corrected chi connectivity index (χ1v) is 15.1. The molecule has 1 aliphatic carbocycles. The van der Waals surface area contributed by atoms with Crippen LogP contribution in [0.25, 0.3) is 28.0 Å². The molecule has 3 aromatic heterocycles. The fraction of sp³-hybridized carbons (Fsp3) is 0.382. The molecule has 228 valence electrons. The summed E-state index contributed by atoms with van der Waals surface area (Å²) in [6.07, 6.45) is 5.12. The van der Waals surface area contributed by atoms with Gasteiger partial charge in [-0.05, 0) is 73.1 Å². The molecule has 0 radical (unpaired) electrons. The summed E-state index contributed by atoms with van der Waals surface area (Å²) in [5.74, 6) is 1.35. The number of aryl methyl sites for hydroxylation is 1. The topological polar surface area (TPSA) is 114 Å². The van der Waals surface area contributed by atoms with E-state index in [0.29, 0.717) is 48.5 Å². The molecule has 2 fully saturated rings. The highest BCUT2D eigenvalue weighted by atomic mass is 16.5. The number of rotatable bonds is 8. The lowest BCUT2D eigenvalue weighted by Gasteiger charge is -2.41. The van der Waals surface area contributed by atoms with E-state index in [0.717, 1.165) is 46.3 Å². The maximum absolute atomic E-state index is 14.2. The van der Waals surface area contributed by atoms with Gasteiger partial charge in [-0.1, -0.05) is 32.6 Å². The van der Waals surface area contributed by atoms with Crippen LogP contribution in [0.1, 0.15) is 55.3 Å². The highest BCUT2D eigenvalue weighted by molar-refractivity contribution is 5.92. The van der Waals surface area contributed by atoms with Crippen molar-refractivity contribution in [3.8, 4) is 22.7 Å². The number of piperazine rings is 1. The molecule has 1 N–H and O–H groups in total. The van der Waals surface area contributed by atoms with Crippen LogP contribution in [0.15, 0.2) is 60.0 Å². The summed E-state index contributed by atoms with van der Waals surface area (Å²) in [5, 5.41) is 10.9. The summed E-state index contributed by atoms with van der Waals surface area (Å²) in [5.41, 5.74) is 5.11. The van der Waals surface area contributed by atoms with Crippen LogP contribution in [0.4, 0.5) is 5.82 Å². The number of anilines is 1. The van der Waals surface area contributed by atoms with Crippen molar-refractivity contribution in [3.63, 3.8) is 0 Å². The number of nitrogens with zero attached hydrogens (tertiary/aromatic N) is 6. The van der Waals surface area contributed by atoms with Crippen LogP contribution in [-0.2, 0) is 4.79 Å². The third-order valence-electron chi connectivity index (χ3n) is 8.63. The largest absolute Gasteiger partial charge is 0.496 e. The summed E-state index contributed by atoms with van der Waals surface area (Å²) >= 11 is 0. The molecular formula is C34H38N6O4. The molecule has 10 nitrogen and oxygen atoms in total. The van der Waals surface area contributed by atoms with Gasteiger partial charge in [-0.3, -0.25) is 9.78 Å². The maximum Gasteiger partial charge on any atom is 0.355 e. The predicted octanol–water partition coefficient (Wildman–Crippen LogP) is 4.36. The predicted molar refractivity (Wildman–Crippen MR) is 171 cm³/mol. The molecule has 1 aromatic carbocycles. The van der Waals surface area contributed by atoms with Crippen molar-refractivity contribution in [1.82, 2.24) is 24.4 Å². The van der Waals surface area contributed by atoms with Crippen LogP contribution in [-0.4, -0.2) is 74.8 Å². The van der Waals surface area contributed by atoms with E-state index < -0.39 is 11.7 Å². The third-order valence-corrected chi connectivity index (χ3v) is 8.63. The van der Waals surface area contributed by atoms with Crippen LogP contribution in [0, 0.1) is 6.92 Å². The summed E-state index contributed by atoms with van der Waals surface area (Å²) < 4.78 is 7.36. The Kier molecular flexibility index (Phi) is 7.94. The molecule has 1 saturated heterocycles. The molecule has 1 amide bonds. The quantitative estimate of drug-likeness (QED) is 0.300. The normalized spacial score (nSPS) is 16.9. The molecule has 44 heavy (non-hydrogen) atoms. The van der Waals surface area contributed by atoms with E-state index in [2.05, 4.69) is 31.5 Å². The average molecular weight is 595 g/mol. The van der Waals surface area contributed by atoms with Gasteiger partial charge in [-0.2, -0.15) is 4.98 Å². The number of amides is 1. The van der Waals surface area contributed by atoms with E-state index in [1.807, 2.05) is 42.2 Å². The molecule has 2 aliphatic rings. The zero-order valence-corrected chi connectivity index (χ0v) is 25.7. The number of carbonyl (C=O) groups excluding carboxylic acids is 1. The molecule has 4 aromatic rings. The fourth-order valence-corrected chi connectivity index (χ4v) is 6.25. The Hall–Kier alpha value is -4.57. The Labute approximate surface area is 256 Å². The first-order chi connectivity index (χ1) is 21.3. The summed E-state index contributed by atoms with van der Waals surface area (Å²) in [7, 11) is 1.65. The molecule has 1 unspecified atom stereocenters. The number of ether oxygens (including phenoxy) is 1. The van der Waals surface area contributed by atoms with Gasteiger partial charge in [0, 0.05) is 31.4 Å². The lowest BCUT2D eigenvalue weighted by atomic mass is 9.99. The highest BCUT2D eigenvalue weighted by Crippen LogP contribution is 2.47. The number of aromatic nitrogens is 4. The van der Waals surface area contributed by atoms with Crippen molar-refractivity contribution >= 4 is 22.8 Å². The standard InChI is InChI=1S/C34H38N6O4/c1-6-28(42)39-16-15-38(18-23(39)19-41)32-26-17-25(22-11-12-22)30(24-9-7-8-10-27(24)44-5)36-33(26)40(34(43)37-32)31-21(4)13-14-35-29(31)20(2)3/h6-10,13-14,17,20,22-23,41H,1,11-12,15-16,18-19H2,2-5H3. The second kappa shape index (κ2) is 11.8. The van der Waals surface area contributed by atoms with Crippen molar-refractivity contribution in [2.45, 2.75) is 51.5 Å². The lowest BCUT2D eigenvalue weighted by Crippen LogP contribution is -2.56. The zero-order chi connectivity index (χ0) is 31.1. The van der Waals surface area contributed by atoms with Crippen LogP contribution >= 0.6 is 0 Å². The van der Waals surface area contributed by atoms with Gasteiger partial charge in [0.2, 0.25) is 5.91 Å². The summed E-state index contributed by atoms with van der Waals surface area (Å²) in [4.78, 5) is 45.0. The van der Waals surface area contributed by atoms with E-state index in [-0.39, 0.29) is 18.4 Å². The van der Waals surface area contributed by atoms with Crippen molar-refractivity contribution < 1.29 is 14.6 Å². The number of pyridine rings is 2. The molecule has 1 aliphatic heterocycles. The van der Waals surface area contributed by atoms with Crippen LogP contribution in [0.3, 0.4) is 0 Å². The van der Waals surface area contributed by atoms with Gasteiger partial charge in [0.1, 0.15) is 11.6 Å². The Balaban J connectivity index is 1.65. The van der Waals surface area contributed by atoms with Gasteiger partial charge >= 0.3 is 5.69 Å². The number of carbonyl (C=O) groups is 1. The molecule has 0 bridgehead atoms. The van der Waals surface area contributed by atoms with Crippen molar-refractivity contribution in [3.05, 3.63) is 82.6 Å². The van der Waals surface area contributed by atoms with E-state index in [4.69, 9.17) is 14.7 Å². The monoisotopic (exact) mass is 594 g/mol. The van der Waals surface area contributed by atoms with Crippen LogP contribution < -0.4 is 15.3 Å². The SMILES string of the molecule is C=CC(=O)N1CCN(c2nc(=O)n(-c3c(C)ccnc3C(C)C)c3nc(-c4ccccc4OC)c(C4CC4)cc23)CC1CO. The Bertz CT molecular complexity index is 1810. The van der Waals surface area contributed by atoms with E-state index in [9.17, 15) is 14.7 Å². The van der Waals surface area contributed by atoms with E-state index in [1.54, 1.807) is 22.8 Å². The minimum Gasteiger partial charge on any atom is -0.496 e. The fourth-order valence-electron chi connectivity index (χ4n) is 6.25. The maximum atomic E-state index is 14.2. The van der Waals surface area contributed by atoms with Crippen LogP contribution in [0.5, 0.6) is 5.75 Å². The molecule has 1 atom stereocenters. The Morgan fingerprint density at radius 1 is 1.18 bits per heavy atom. The number of methoxy groups -OCH3 is 1. The van der Waals surface area contributed by atoms with Crippen LogP contribution in [0.2, 0.25) is 0 Å². The second-order valence-corrected chi connectivity index (χ2v) is 11.9. The van der Waals surface area contributed by atoms with Gasteiger partial charge in [0.05, 0.1) is 42.2 Å². The molecule has 4 heterocycles. The number of hydrogen-bond donors (Lipinski definition) is 1. The zero-order valence-electron chi connectivity index (χ0n) is 25.7. The molecular weight excluding hydrogens is 556 g/mol. The van der Waals surface area contributed by atoms with Crippen molar-refractivity contribution in [2.75, 3.05) is 38.3 Å². The van der Waals surface area contributed by atoms with Gasteiger partial charge in [-0.25, -0.2) is 14.3 Å². The first-order valence-electron chi connectivity index (χ1n) is 15.1. The second-order valence-electron chi connectivity index (χ2n) is 11.9. The number of aliphatic hydroxyl groups excluding tert-OH is 1. The van der Waals surface area contributed by atoms with E-state index >= 15 is 0 Å². The average Bonchev–Trinajstić information content (AvgIpc) is 3.89. The first kappa shape index (κ1) is 29.5.